The van der Waals surface area contributed by atoms with E-state index in [1.165, 1.54) is 6.92 Å². The molecule has 0 aromatic heterocycles. The maximum absolute atomic E-state index is 11.6. The molecule has 1 aromatic rings. The van der Waals surface area contributed by atoms with Gasteiger partial charge < -0.3 is 11.1 Å². The summed E-state index contributed by atoms with van der Waals surface area (Å²) in [5.74, 6) is 0.315. The van der Waals surface area contributed by atoms with E-state index < -0.39 is 9.84 Å². The molecule has 19 heavy (non-hydrogen) atoms. The van der Waals surface area contributed by atoms with Gasteiger partial charge in [0.25, 0.3) is 0 Å². The number of carbonyl (C=O) groups is 1. The van der Waals surface area contributed by atoms with Crippen LogP contribution in [0.25, 0.3) is 0 Å². The lowest BCUT2D eigenvalue weighted by Crippen LogP contribution is -2.34. The standard InChI is InChI=1S/C13H18N2O3S/c1-9(16)12-7-10(4-5-13(12)14)15-11-3-2-6-19(17,18)8-11/h4-5,7,11,15H,2-3,6,8,14H2,1H3. The average Bonchev–Trinajstić information content (AvgIpc) is 2.30. The van der Waals surface area contributed by atoms with Gasteiger partial charge in [0.05, 0.1) is 11.5 Å². The van der Waals surface area contributed by atoms with Gasteiger partial charge >= 0.3 is 0 Å². The number of nitrogens with one attached hydrogen (secondary N) is 1. The molecule has 0 bridgehead atoms. The molecule has 1 heterocycles. The molecule has 0 spiro atoms. The van der Waals surface area contributed by atoms with Crippen LogP contribution >= 0.6 is 0 Å². The van der Waals surface area contributed by atoms with Crippen LogP contribution in [0, 0.1) is 0 Å². The number of anilines is 2. The van der Waals surface area contributed by atoms with Crippen molar-refractivity contribution in [1.82, 2.24) is 0 Å². The summed E-state index contributed by atoms with van der Waals surface area (Å²) in [5.41, 5.74) is 7.36. The summed E-state index contributed by atoms with van der Waals surface area (Å²) in [5, 5.41) is 3.17. The third-order valence-electron chi connectivity index (χ3n) is 3.27. The number of rotatable bonds is 3. The molecule has 6 heteroatoms. The van der Waals surface area contributed by atoms with Crippen molar-refractivity contribution in [2.75, 3.05) is 22.6 Å². The lowest BCUT2D eigenvalue weighted by atomic mass is 10.1. The predicted octanol–water partition coefficient (Wildman–Crippen LogP) is 1.46. The first-order chi connectivity index (χ1) is 8.87. The highest BCUT2D eigenvalue weighted by molar-refractivity contribution is 7.91. The Bertz CT molecular complexity index is 596. The molecule has 5 nitrogen and oxygen atoms in total. The van der Waals surface area contributed by atoms with Gasteiger partial charge in [0.15, 0.2) is 15.6 Å². The zero-order chi connectivity index (χ0) is 14.0. The minimum Gasteiger partial charge on any atom is -0.398 e. The summed E-state index contributed by atoms with van der Waals surface area (Å²) in [7, 11) is -2.94. The molecule has 0 aliphatic carbocycles. The lowest BCUT2D eigenvalue weighted by molar-refractivity contribution is 0.101. The van der Waals surface area contributed by atoms with Crippen LogP contribution in [0.5, 0.6) is 0 Å². The molecule has 0 amide bonds. The van der Waals surface area contributed by atoms with Crippen LogP contribution in [0.1, 0.15) is 30.1 Å². The molecule has 2 rings (SSSR count). The fraction of sp³-hybridized carbons (Fsp3) is 0.462. The van der Waals surface area contributed by atoms with Crippen molar-refractivity contribution in [3.8, 4) is 0 Å². The van der Waals surface area contributed by atoms with Gasteiger partial charge in [0, 0.05) is 23.0 Å². The molecule has 1 aliphatic rings. The minimum absolute atomic E-state index is 0.0952. The Morgan fingerprint density at radius 3 is 2.79 bits per heavy atom. The lowest BCUT2D eigenvalue weighted by Gasteiger charge is -2.24. The summed E-state index contributed by atoms with van der Waals surface area (Å²) < 4.78 is 23.1. The molecule has 0 radical (unpaired) electrons. The normalized spacial score (nSPS) is 21.8. The molecular formula is C13H18N2O3S. The average molecular weight is 282 g/mol. The van der Waals surface area contributed by atoms with Crippen molar-refractivity contribution >= 4 is 27.0 Å². The monoisotopic (exact) mass is 282 g/mol. The van der Waals surface area contributed by atoms with Crippen LogP contribution in [-0.4, -0.2) is 31.7 Å². The number of ketones is 1. The third kappa shape index (κ3) is 3.47. The molecular weight excluding hydrogens is 264 g/mol. The Balaban J connectivity index is 2.15. The van der Waals surface area contributed by atoms with Gasteiger partial charge in [-0.1, -0.05) is 0 Å². The smallest absolute Gasteiger partial charge is 0.161 e. The van der Waals surface area contributed by atoms with Gasteiger partial charge in [-0.3, -0.25) is 4.79 Å². The summed E-state index contributed by atoms with van der Waals surface area (Å²) in [6.45, 7) is 1.46. The van der Waals surface area contributed by atoms with E-state index >= 15 is 0 Å². The zero-order valence-corrected chi connectivity index (χ0v) is 11.7. The fourth-order valence-corrected chi connectivity index (χ4v) is 3.96. The Kier molecular flexibility index (Phi) is 3.80. The predicted molar refractivity (Wildman–Crippen MR) is 76.2 cm³/mol. The Morgan fingerprint density at radius 2 is 2.16 bits per heavy atom. The number of nitrogen functional groups attached to an aromatic ring is 1. The Hall–Kier alpha value is -1.56. The summed E-state index contributed by atoms with van der Waals surface area (Å²) >= 11 is 0. The van der Waals surface area contributed by atoms with Gasteiger partial charge in [-0.05, 0) is 38.0 Å². The fourth-order valence-electron chi connectivity index (χ4n) is 2.32. The van der Waals surface area contributed by atoms with E-state index in [2.05, 4.69) is 5.32 Å². The van der Waals surface area contributed by atoms with Gasteiger partial charge in [-0.2, -0.15) is 0 Å². The van der Waals surface area contributed by atoms with Crippen LogP contribution < -0.4 is 11.1 Å². The van der Waals surface area contributed by atoms with Crippen molar-refractivity contribution in [3.63, 3.8) is 0 Å². The number of hydrogen-bond donors (Lipinski definition) is 2. The Labute approximate surface area is 113 Å². The van der Waals surface area contributed by atoms with Gasteiger partial charge in [0.1, 0.15) is 0 Å². The molecule has 1 saturated heterocycles. The first-order valence-electron chi connectivity index (χ1n) is 6.25. The molecule has 1 fully saturated rings. The van der Waals surface area contributed by atoms with Crippen LogP contribution in [0.2, 0.25) is 0 Å². The molecule has 1 aliphatic heterocycles. The van der Waals surface area contributed by atoms with Crippen molar-refractivity contribution in [2.24, 2.45) is 0 Å². The van der Waals surface area contributed by atoms with Crippen molar-refractivity contribution in [1.29, 1.82) is 0 Å². The summed E-state index contributed by atoms with van der Waals surface area (Å²) in [6.07, 6.45) is 1.49. The molecule has 104 valence electrons. The largest absolute Gasteiger partial charge is 0.398 e. The maximum atomic E-state index is 11.6. The van der Waals surface area contributed by atoms with Crippen LogP contribution in [0.3, 0.4) is 0 Å². The number of hydrogen-bond acceptors (Lipinski definition) is 5. The SMILES string of the molecule is CC(=O)c1cc(NC2CCCS(=O)(=O)C2)ccc1N. The topological polar surface area (TPSA) is 89.3 Å². The number of sulfone groups is 1. The van der Waals surface area contributed by atoms with Crippen molar-refractivity contribution in [2.45, 2.75) is 25.8 Å². The number of carbonyl (C=O) groups excluding carboxylic acids is 1. The third-order valence-corrected chi connectivity index (χ3v) is 5.09. The molecule has 3 N–H and O–H groups in total. The molecule has 1 aromatic carbocycles. The second-order valence-electron chi connectivity index (χ2n) is 4.96. The molecule has 1 atom stereocenters. The second kappa shape index (κ2) is 5.21. The minimum atomic E-state index is -2.94. The van der Waals surface area contributed by atoms with Crippen LogP contribution in [-0.2, 0) is 9.84 Å². The molecule has 0 saturated carbocycles. The summed E-state index contributed by atoms with van der Waals surface area (Å²) in [6, 6.07) is 5.01. The van der Waals surface area contributed by atoms with Gasteiger partial charge in [-0.15, -0.1) is 0 Å². The van der Waals surface area contributed by atoms with Gasteiger partial charge in [0.2, 0.25) is 0 Å². The van der Waals surface area contributed by atoms with Crippen molar-refractivity contribution < 1.29 is 13.2 Å². The van der Waals surface area contributed by atoms with Crippen LogP contribution in [0.15, 0.2) is 18.2 Å². The van der Waals surface area contributed by atoms with E-state index in [4.69, 9.17) is 5.73 Å². The van der Waals surface area contributed by atoms with E-state index in [1.807, 2.05) is 0 Å². The number of nitrogens with two attached hydrogens (primary N) is 1. The van der Waals surface area contributed by atoms with E-state index in [0.717, 1.165) is 12.1 Å². The first kappa shape index (κ1) is 13.9. The van der Waals surface area contributed by atoms with Gasteiger partial charge in [-0.25, -0.2) is 8.42 Å². The van der Waals surface area contributed by atoms with E-state index in [-0.39, 0.29) is 23.3 Å². The second-order valence-corrected chi connectivity index (χ2v) is 7.18. The van der Waals surface area contributed by atoms with E-state index in [0.29, 0.717) is 17.7 Å². The highest BCUT2D eigenvalue weighted by Crippen LogP contribution is 2.22. The number of benzene rings is 1. The maximum Gasteiger partial charge on any atom is 0.161 e. The van der Waals surface area contributed by atoms with Crippen molar-refractivity contribution in [3.05, 3.63) is 23.8 Å². The highest BCUT2D eigenvalue weighted by Gasteiger charge is 2.24. The molecule has 1 unspecified atom stereocenters. The first-order valence-corrected chi connectivity index (χ1v) is 8.07. The Morgan fingerprint density at radius 1 is 1.42 bits per heavy atom. The quantitative estimate of drug-likeness (QED) is 0.647. The number of Topliss-reactive ketones (excluding diaryl/α,β-unsaturated/α-hetero) is 1. The summed E-state index contributed by atoms with van der Waals surface area (Å²) in [4.78, 5) is 11.4. The highest BCUT2D eigenvalue weighted by atomic mass is 32.2. The van der Waals surface area contributed by atoms with Crippen LogP contribution in [0.4, 0.5) is 11.4 Å². The van der Waals surface area contributed by atoms with E-state index in [1.54, 1.807) is 18.2 Å². The van der Waals surface area contributed by atoms with E-state index in [9.17, 15) is 13.2 Å². The zero-order valence-electron chi connectivity index (χ0n) is 10.8.